The highest BCUT2D eigenvalue weighted by molar-refractivity contribution is 5.89. The van der Waals surface area contributed by atoms with Crippen molar-refractivity contribution < 1.29 is 29.0 Å². The Bertz CT molecular complexity index is 902. The number of carboxylic acids is 1. The Hall–Kier alpha value is -3.52. The molecule has 0 radical (unpaired) electrons. The number of azide groups is 1. The van der Waals surface area contributed by atoms with Crippen molar-refractivity contribution >= 4 is 18.0 Å². The first-order chi connectivity index (χ1) is 19.0. The summed E-state index contributed by atoms with van der Waals surface area (Å²) < 4.78 is 10.7. The molecule has 0 bridgehead atoms. The van der Waals surface area contributed by atoms with Gasteiger partial charge in [-0.2, -0.15) is 0 Å². The Morgan fingerprint density at radius 1 is 1.00 bits per heavy atom. The topological polar surface area (TPSA) is 151 Å². The van der Waals surface area contributed by atoms with Crippen LogP contribution in [0.1, 0.15) is 101 Å². The lowest BCUT2D eigenvalue weighted by molar-refractivity contribution is -0.136. The number of ether oxygens (including phenoxy) is 2. The molecule has 10 heteroatoms. The predicted octanol–water partition coefficient (Wildman–Crippen LogP) is 7.35. The molecule has 0 saturated heterocycles. The molecule has 1 rings (SSSR count). The van der Waals surface area contributed by atoms with Crippen molar-refractivity contribution in [3.63, 3.8) is 0 Å². The van der Waals surface area contributed by atoms with Crippen LogP contribution < -0.4 is 5.32 Å². The Morgan fingerprint density at radius 2 is 1.62 bits per heavy atom. The number of hydrogen-bond acceptors (Lipinski definition) is 6. The van der Waals surface area contributed by atoms with Gasteiger partial charge in [0.15, 0.2) is 0 Å². The smallest absolute Gasteiger partial charge is 0.407 e. The van der Waals surface area contributed by atoms with E-state index in [1.807, 2.05) is 6.08 Å². The lowest BCUT2D eigenvalue weighted by Crippen LogP contribution is -2.35. The zero-order valence-corrected chi connectivity index (χ0v) is 23.1. The van der Waals surface area contributed by atoms with Crippen molar-refractivity contribution in [3.05, 3.63) is 58.5 Å². The summed E-state index contributed by atoms with van der Waals surface area (Å²) in [7, 11) is 0. The molecule has 0 heterocycles. The normalized spacial score (nSPS) is 12.3. The number of nitrogens with one attached hydrogen (secondary N) is 1. The van der Waals surface area contributed by atoms with Gasteiger partial charge in [-0.1, -0.05) is 101 Å². The number of amides is 1. The van der Waals surface area contributed by atoms with Crippen LogP contribution in [0.4, 0.5) is 4.79 Å². The molecule has 216 valence electrons. The molecule has 2 N–H and O–H groups in total. The molecule has 0 unspecified atom stereocenters. The van der Waals surface area contributed by atoms with Crippen molar-refractivity contribution in [3.8, 4) is 0 Å². The first kappa shape index (κ1) is 33.5. The molecule has 10 nitrogen and oxygen atoms in total. The number of rotatable bonds is 22. The Kier molecular flexibility index (Phi) is 19.3. The number of hydrogen-bond donors (Lipinski definition) is 2. The molecule has 1 aromatic carbocycles. The van der Waals surface area contributed by atoms with Gasteiger partial charge in [-0.3, -0.25) is 4.79 Å². The third-order valence-corrected chi connectivity index (χ3v) is 6.13. The van der Waals surface area contributed by atoms with Gasteiger partial charge < -0.3 is 19.9 Å². The van der Waals surface area contributed by atoms with Crippen LogP contribution in [0.2, 0.25) is 0 Å². The van der Waals surface area contributed by atoms with Gasteiger partial charge in [0.05, 0.1) is 12.0 Å². The highest BCUT2D eigenvalue weighted by Crippen LogP contribution is 2.15. The van der Waals surface area contributed by atoms with Crippen LogP contribution in [-0.4, -0.2) is 48.4 Å². The number of allylic oxidation sites excluding steroid dienone is 1. The molecule has 0 spiro atoms. The maximum Gasteiger partial charge on any atom is 0.407 e. The van der Waals surface area contributed by atoms with Crippen LogP contribution in [0.15, 0.2) is 47.6 Å². The van der Waals surface area contributed by atoms with E-state index in [4.69, 9.17) is 20.1 Å². The quantitative estimate of drug-likeness (QED) is 0.0389. The number of unbranched alkanes of at least 4 members (excludes halogenated alkanes) is 11. The minimum Gasteiger partial charge on any atom is -0.481 e. The molecule has 0 aliphatic rings. The third kappa shape index (κ3) is 17.6. The molecule has 0 aliphatic heterocycles. The highest BCUT2D eigenvalue weighted by Gasteiger charge is 2.24. The highest BCUT2D eigenvalue weighted by atomic mass is 16.6. The largest absolute Gasteiger partial charge is 0.481 e. The van der Waals surface area contributed by atoms with Gasteiger partial charge in [0.1, 0.15) is 18.8 Å². The predicted molar refractivity (Wildman–Crippen MR) is 150 cm³/mol. The number of carbonyl (C=O) groups is 3. The third-order valence-electron chi connectivity index (χ3n) is 6.13. The van der Waals surface area contributed by atoms with Gasteiger partial charge >= 0.3 is 18.0 Å². The standard InChI is InChI=1S/C29H44N4O6/c1-2-3-4-5-6-7-8-9-10-11-12-13-17-20-26(39-28(36)24-18-15-14-16-19-24)25(32-33-30)23-38-29(37)31-22-21-27(34)35/h14-20,25-26H,2-13,21-23H2,1H3,(H,31,37)(H,34,35)/b20-17+/t25-,26-/m1/s1. The van der Waals surface area contributed by atoms with E-state index in [0.29, 0.717) is 5.56 Å². The zero-order chi connectivity index (χ0) is 28.6. The lowest BCUT2D eigenvalue weighted by Gasteiger charge is -2.21. The molecular weight excluding hydrogens is 500 g/mol. The Balaban J connectivity index is 2.59. The second-order valence-corrected chi connectivity index (χ2v) is 9.43. The second-order valence-electron chi connectivity index (χ2n) is 9.43. The lowest BCUT2D eigenvalue weighted by atomic mass is 10.0. The number of benzene rings is 1. The summed E-state index contributed by atoms with van der Waals surface area (Å²) in [6.45, 7) is 1.78. The van der Waals surface area contributed by atoms with Crippen molar-refractivity contribution in [1.29, 1.82) is 0 Å². The van der Waals surface area contributed by atoms with E-state index in [1.165, 1.54) is 57.8 Å². The van der Waals surface area contributed by atoms with Gasteiger partial charge in [0.25, 0.3) is 0 Å². The summed E-state index contributed by atoms with van der Waals surface area (Å²) in [5.41, 5.74) is 9.40. The van der Waals surface area contributed by atoms with Crippen molar-refractivity contribution in [2.75, 3.05) is 13.2 Å². The Labute approximate surface area is 231 Å². The average Bonchev–Trinajstić information content (AvgIpc) is 2.93. The number of carboxylic acid groups (broad SMARTS) is 1. The monoisotopic (exact) mass is 544 g/mol. The molecular formula is C29H44N4O6. The SMILES string of the molecule is CCCCCCCCCCCCC/C=C/[C@@H](OC(=O)c1ccccc1)[C@@H](COC(=O)NCCC(=O)O)N=[N+]=[N-]. The van der Waals surface area contributed by atoms with E-state index < -0.39 is 30.2 Å². The maximum atomic E-state index is 12.7. The number of esters is 1. The summed E-state index contributed by atoms with van der Waals surface area (Å²) in [6, 6.07) is 7.43. The van der Waals surface area contributed by atoms with Gasteiger partial charge in [-0.05, 0) is 36.6 Å². The fourth-order valence-electron chi connectivity index (χ4n) is 3.91. The number of aliphatic carboxylic acids is 1. The maximum absolute atomic E-state index is 12.7. The molecule has 0 fully saturated rings. The van der Waals surface area contributed by atoms with Crippen LogP contribution >= 0.6 is 0 Å². The fourth-order valence-corrected chi connectivity index (χ4v) is 3.91. The van der Waals surface area contributed by atoms with Crippen LogP contribution in [0.3, 0.4) is 0 Å². The van der Waals surface area contributed by atoms with Gasteiger partial charge in [-0.15, -0.1) is 0 Å². The summed E-state index contributed by atoms with van der Waals surface area (Å²) in [5.74, 6) is -1.65. The molecule has 1 amide bonds. The van der Waals surface area contributed by atoms with Crippen molar-refractivity contribution in [2.24, 2.45) is 5.11 Å². The van der Waals surface area contributed by atoms with Crippen LogP contribution in [-0.2, 0) is 14.3 Å². The minimum absolute atomic E-state index is 0.106. The van der Waals surface area contributed by atoms with Gasteiger partial charge in [-0.25, -0.2) is 9.59 Å². The average molecular weight is 545 g/mol. The molecule has 2 atom stereocenters. The van der Waals surface area contributed by atoms with Gasteiger partial charge in [0, 0.05) is 11.5 Å². The fraction of sp³-hybridized carbons (Fsp3) is 0.621. The molecule has 1 aromatic rings. The van der Waals surface area contributed by atoms with E-state index in [0.717, 1.165) is 19.3 Å². The van der Waals surface area contributed by atoms with E-state index in [1.54, 1.807) is 36.4 Å². The first-order valence-electron chi connectivity index (χ1n) is 14.1. The molecule has 0 aliphatic carbocycles. The van der Waals surface area contributed by atoms with Crippen LogP contribution in [0, 0.1) is 0 Å². The number of nitrogens with zero attached hydrogens (tertiary/aromatic N) is 3. The summed E-state index contributed by atoms with van der Waals surface area (Å²) in [4.78, 5) is 38.0. The summed E-state index contributed by atoms with van der Waals surface area (Å²) >= 11 is 0. The summed E-state index contributed by atoms with van der Waals surface area (Å²) in [5, 5.41) is 14.7. The zero-order valence-electron chi connectivity index (χ0n) is 23.1. The van der Waals surface area contributed by atoms with Crippen LogP contribution in [0.5, 0.6) is 0 Å². The second kappa shape index (κ2) is 22.5. The van der Waals surface area contributed by atoms with E-state index in [2.05, 4.69) is 22.3 Å². The van der Waals surface area contributed by atoms with Crippen molar-refractivity contribution in [1.82, 2.24) is 5.32 Å². The number of carbonyl (C=O) groups excluding carboxylic acids is 2. The Morgan fingerprint density at radius 3 is 2.21 bits per heavy atom. The summed E-state index contributed by atoms with van der Waals surface area (Å²) in [6.07, 6.45) is 16.0. The van der Waals surface area contributed by atoms with E-state index in [9.17, 15) is 14.4 Å². The number of alkyl carbamates (subject to hydrolysis) is 1. The van der Waals surface area contributed by atoms with E-state index in [-0.39, 0.29) is 19.6 Å². The molecule has 0 aromatic heterocycles. The van der Waals surface area contributed by atoms with E-state index >= 15 is 0 Å². The van der Waals surface area contributed by atoms with Crippen LogP contribution in [0.25, 0.3) is 10.4 Å². The minimum atomic E-state index is -1.06. The van der Waals surface area contributed by atoms with Crippen molar-refractivity contribution in [2.45, 2.75) is 103 Å². The first-order valence-corrected chi connectivity index (χ1v) is 14.1. The molecule has 39 heavy (non-hydrogen) atoms. The van der Waals surface area contributed by atoms with Gasteiger partial charge in [0.2, 0.25) is 0 Å². The molecule has 0 saturated carbocycles.